The van der Waals surface area contributed by atoms with Crippen molar-refractivity contribution in [1.29, 1.82) is 0 Å². The lowest BCUT2D eigenvalue weighted by Crippen LogP contribution is -2.51. The number of carbonyl (C=O) groups excluding carboxylic acids is 1. The van der Waals surface area contributed by atoms with Gasteiger partial charge in [-0.2, -0.15) is 26.3 Å². The van der Waals surface area contributed by atoms with Crippen molar-refractivity contribution in [3.63, 3.8) is 0 Å². The molecule has 3 nitrogen and oxygen atoms in total. The second-order valence-electron chi connectivity index (χ2n) is 4.25. The predicted molar refractivity (Wildman–Crippen MR) is 49.8 cm³/mol. The summed E-state index contributed by atoms with van der Waals surface area (Å²) < 4.78 is 84.4. The van der Waals surface area contributed by atoms with Crippen LogP contribution in [0.3, 0.4) is 0 Å². The van der Waals surface area contributed by atoms with Crippen LogP contribution in [0.4, 0.5) is 26.3 Å². The number of nitrogens with zero attached hydrogens (tertiary/aromatic N) is 1. The van der Waals surface area contributed by atoms with E-state index in [1.54, 1.807) is 0 Å². The van der Waals surface area contributed by atoms with Crippen LogP contribution >= 0.6 is 0 Å². The van der Waals surface area contributed by atoms with Crippen LogP contribution in [0.15, 0.2) is 11.5 Å². The van der Waals surface area contributed by atoms with Crippen LogP contribution < -0.4 is 0 Å². The van der Waals surface area contributed by atoms with Crippen LogP contribution in [0.2, 0.25) is 0 Å². The number of rotatable bonds is 2. The van der Waals surface area contributed by atoms with Crippen LogP contribution in [0, 0.1) is 0 Å². The van der Waals surface area contributed by atoms with Gasteiger partial charge in [0.15, 0.2) is 5.76 Å². The number of likely N-dealkylation sites (tertiary alicyclic amines) is 1. The van der Waals surface area contributed by atoms with Crippen molar-refractivity contribution >= 4 is 5.91 Å². The lowest BCUT2D eigenvalue weighted by Gasteiger charge is -2.26. The van der Waals surface area contributed by atoms with Gasteiger partial charge in [0.2, 0.25) is 5.91 Å². The highest BCUT2D eigenvalue weighted by atomic mass is 19.3. The molecule has 0 bridgehead atoms. The van der Waals surface area contributed by atoms with Crippen LogP contribution in [-0.4, -0.2) is 42.2 Å². The summed E-state index contributed by atoms with van der Waals surface area (Å²) >= 11 is 0. The molecule has 0 unspecified atom stereocenters. The first-order chi connectivity index (χ1) is 8.59. The van der Waals surface area contributed by atoms with Gasteiger partial charge in [-0.05, 0) is 6.42 Å². The average molecular weight is 289 g/mol. The SMILES string of the molecule is COC1=C(N2CCCC2=O)C(F)(F)C(F)(F)C1(F)F. The average Bonchev–Trinajstić information content (AvgIpc) is 2.73. The molecule has 0 aromatic heterocycles. The molecule has 0 aromatic carbocycles. The molecule has 1 aliphatic heterocycles. The topological polar surface area (TPSA) is 29.5 Å². The second-order valence-corrected chi connectivity index (χ2v) is 4.25. The van der Waals surface area contributed by atoms with E-state index in [-0.39, 0.29) is 24.3 Å². The van der Waals surface area contributed by atoms with Gasteiger partial charge in [-0.1, -0.05) is 0 Å². The Morgan fingerprint density at radius 1 is 1.11 bits per heavy atom. The summed E-state index contributed by atoms with van der Waals surface area (Å²) in [5.74, 6) is -18.7. The summed E-state index contributed by atoms with van der Waals surface area (Å²) in [5, 5.41) is 0. The second kappa shape index (κ2) is 3.80. The van der Waals surface area contributed by atoms with Crippen LogP contribution in [0.1, 0.15) is 12.8 Å². The van der Waals surface area contributed by atoms with Gasteiger partial charge < -0.3 is 9.64 Å². The van der Waals surface area contributed by atoms with Gasteiger partial charge in [0, 0.05) is 13.0 Å². The monoisotopic (exact) mass is 289 g/mol. The van der Waals surface area contributed by atoms with E-state index < -0.39 is 35.1 Å². The van der Waals surface area contributed by atoms with Crippen molar-refractivity contribution in [2.24, 2.45) is 0 Å². The molecule has 1 saturated heterocycles. The van der Waals surface area contributed by atoms with Crippen LogP contribution in [0.5, 0.6) is 0 Å². The van der Waals surface area contributed by atoms with E-state index in [9.17, 15) is 31.1 Å². The molecule has 0 saturated carbocycles. The van der Waals surface area contributed by atoms with E-state index in [0.717, 1.165) is 0 Å². The van der Waals surface area contributed by atoms with E-state index in [1.165, 1.54) is 0 Å². The zero-order chi connectivity index (χ0) is 14.6. The maximum absolute atomic E-state index is 13.6. The van der Waals surface area contributed by atoms with Crippen molar-refractivity contribution in [1.82, 2.24) is 4.90 Å². The summed E-state index contributed by atoms with van der Waals surface area (Å²) in [7, 11) is 0.585. The lowest BCUT2D eigenvalue weighted by molar-refractivity contribution is -0.273. The lowest BCUT2D eigenvalue weighted by atomic mass is 10.1. The standard InChI is InChI=1S/C10H9F6NO2/c1-19-7-6(17-4-2-3-5(17)18)8(11,12)10(15,16)9(7,13)14/h2-4H2,1H3. The van der Waals surface area contributed by atoms with Crippen molar-refractivity contribution in [2.75, 3.05) is 13.7 Å². The Morgan fingerprint density at radius 3 is 2.11 bits per heavy atom. The van der Waals surface area contributed by atoms with E-state index >= 15 is 0 Å². The minimum Gasteiger partial charge on any atom is -0.493 e. The largest absolute Gasteiger partial charge is 0.493 e. The molecule has 9 heteroatoms. The third-order valence-corrected chi connectivity index (χ3v) is 3.13. The smallest absolute Gasteiger partial charge is 0.385 e. The normalized spacial score (nSPS) is 28.2. The van der Waals surface area contributed by atoms with Crippen LogP contribution in [0.25, 0.3) is 0 Å². The Balaban J connectivity index is 2.63. The molecule has 2 rings (SSSR count). The fraction of sp³-hybridized carbons (Fsp3) is 0.700. The van der Waals surface area contributed by atoms with E-state index in [2.05, 4.69) is 4.74 Å². The summed E-state index contributed by atoms with van der Waals surface area (Å²) in [5.41, 5.74) is -1.73. The van der Waals surface area contributed by atoms with Crippen LogP contribution in [-0.2, 0) is 9.53 Å². The number of allylic oxidation sites excluding steroid dienone is 2. The Kier molecular flexibility index (Phi) is 2.80. The zero-order valence-corrected chi connectivity index (χ0v) is 9.65. The van der Waals surface area contributed by atoms with Gasteiger partial charge in [0.25, 0.3) is 0 Å². The molecule has 0 atom stereocenters. The highest BCUT2D eigenvalue weighted by molar-refractivity contribution is 5.80. The van der Waals surface area contributed by atoms with E-state index in [1.807, 2.05) is 0 Å². The van der Waals surface area contributed by atoms with Gasteiger partial charge in [0.1, 0.15) is 5.70 Å². The maximum atomic E-state index is 13.6. The number of amides is 1. The summed E-state index contributed by atoms with van der Waals surface area (Å²) in [4.78, 5) is 11.6. The number of hydrogen-bond donors (Lipinski definition) is 0. The number of hydrogen-bond acceptors (Lipinski definition) is 2. The molecule has 1 fully saturated rings. The molecule has 1 heterocycles. The quantitative estimate of drug-likeness (QED) is 0.730. The molecule has 108 valence electrons. The molecule has 0 aromatic rings. The van der Waals surface area contributed by atoms with E-state index in [4.69, 9.17) is 0 Å². The fourth-order valence-electron chi connectivity index (χ4n) is 2.18. The van der Waals surface area contributed by atoms with Gasteiger partial charge in [-0.15, -0.1) is 0 Å². The maximum Gasteiger partial charge on any atom is 0.385 e. The third-order valence-electron chi connectivity index (χ3n) is 3.13. The summed E-state index contributed by atoms with van der Waals surface area (Å²) in [6.45, 7) is -0.317. The Hall–Kier alpha value is -1.41. The molecule has 1 amide bonds. The molecule has 0 N–H and O–H groups in total. The predicted octanol–water partition coefficient (Wildman–Crippen LogP) is 2.39. The molecule has 2 aliphatic rings. The number of methoxy groups -OCH3 is 1. The van der Waals surface area contributed by atoms with Gasteiger partial charge in [-0.25, -0.2) is 0 Å². The molecule has 0 radical (unpaired) electrons. The summed E-state index contributed by atoms with van der Waals surface area (Å²) in [6, 6.07) is 0. The van der Waals surface area contributed by atoms with Crippen molar-refractivity contribution in [2.45, 2.75) is 30.6 Å². The van der Waals surface area contributed by atoms with Gasteiger partial charge in [-0.3, -0.25) is 4.79 Å². The Morgan fingerprint density at radius 2 is 1.68 bits per heavy atom. The number of ether oxygens (including phenoxy) is 1. The van der Waals surface area contributed by atoms with Gasteiger partial charge >= 0.3 is 17.8 Å². The first kappa shape index (κ1) is 14.0. The number of halogens is 6. The Bertz CT molecular complexity index is 459. The first-order valence-corrected chi connectivity index (χ1v) is 5.32. The summed E-state index contributed by atoms with van der Waals surface area (Å²) in [6.07, 6.45) is -0.0275. The van der Waals surface area contributed by atoms with Crippen molar-refractivity contribution < 1.29 is 35.9 Å². The third kappa shape index (κ3) is 1.50. The fourth-order valence-corrected chi connectivity index (χ4v) is 2.18. The van der Waals surface area contributed by atoms with Crippen molar-refractivity contribution in [3.05, 3.63) is 11.5 Å². The van der Waals surface area contributed by atoms with Gasteiger partial charge in [0.05, 0.1) is 7.11 Å². The number of carbonyl (C=O) groups is 1. The minimum atomic E-state index is -5.64. The zero-order valence-electron chi connectivity index (χ0n) is 9.65. The molecule has 19 heavy (non-hydrogen) atoms. The Labute approximate surface area is 103 Å². The number of alkyl halides is 6. The minimum absolute atomic E-state index is 0.131. The molecular formula is C10H9F6NO2. The highest BCUT2D eigenvalue weighted by Crippen LogP contribution is 2.60. The highest BCUT2D eigenvalue weighted by Gasteiger charge is 2.82. The van der Waals surface area contributed by atoms with E-state index in [0.29, 0.717) is 7.11 Å². The molecular weight excluding hydrogens is 280 g/mol. The first-order valence-electron chi connectivity index (χ1n) is 5.32. The molecule has 0 spiro atoms. The molecule has 1 aliphatic carbocycles. The van der Waals surface area contributed by atoms with Crippen molar-refractivity contribution in [3.8, 4) is 0 Å².